The van der Waals surface area contributed by atoms with Gasteiger partial charge in [-0.15, -0.1) is 0 Å². The second-order valence-corrected chi connectivity index (χ2v) is 3.45. The fourth-order valence-corrected chi connectivity index (χ4v) is 1.69. The molecule has 0 aromatic rings. The van der Waals surface area contributed by atoms with E-state index in [4.69, 9.17) is 0 Å². The van der Waals surface area contributed by atoms with E-state index in [0.717, 1.165) is 44.5 Å². The molecule has 0 aromatic carbocycles. The van der Waals surface area contributed by atoms with Gasteiger partial charge in [0.25, 0.3) is 0 Å². The fourth-order valence-electron chi connectivity index (χ4n) is 1.69. The Bertz CT molecular complexity index is 191. The van der Waals surface area contributed by atoms with Crippen molar-refractivity contribution in [3.8, 4) is 0 Å². The molecule has 0 aromatic heterocycles. The van der Waals surface area contributed by atoms with Crippen LogP contribution in [0, 0.1) is 0 Å². The van der Waals surface area contributed by atoms with Gasteiger partial charge in [0.05, 0.1) is 6.04 Å². The summed E-state index contributed by atoms with van der Waals surface area (Å²) in [5.41, 5.74) is 0.992. The summed E-state index contributed by atoms with van der Waals surface area (Å²) in [7, 11) is 0. The number of hydrogen-bond donors (Lipinski definition) is 1. The van der Waals surface area contributed by atoms with Crippen LogP contribution in [-0.4, -0.2) is 30.4 Å². The molecule has 1 aliphatic rings. The Morgan fingerprint density at radius 2 is 2.54 bits per heavy atom. The fraction of sp³-hybridized carbons (Fsp3) is 0.700. The van der Waals surface area contributed by atoms with Crippen molar-refractivity contribution in [1.29, 1.82) is 0 Å². The maximum atomic E-state index is 10.7. The average Bonchev–Trinajstić information content (AvgIpc) is 2.61. The molecule has 1 amide bonds. The van der Waals surface area contributed by atoms with Gasteiger partial charge in [0.15, 0.2) is 0 Å². The summed E-state index contributed by atoms with van der Waals surface area (Å²) < 4.78 is 0. The van der Waals surface area contributed by atoms with Crippen molar-refractivity contribution in [1.82, 2.24) is 10.2 Å². The number of nitrogens with one attached hydrogen (secondary N) is 1. The first kappa shape index (κ1) is 10.1. The minimum Gasteiger partial charge on any atom is -0.387 e. The summed E-state index contributed by atoms with van der Waals surface area (Å²) in [5, 5.41) is 3.24. The van der Waals surface area contributed by atoms with E-state index < -0.39 is 0 Å². The van der Waals surface area contributed by atoms with E-state index in [0.29, 0.717) is 0 Å². The van der Waals surface area contributed by atoms with Gasteiger partial charge in [-0.25, -0.2) is 0 Å². The highest BCUT2D eigenvalue weighted by Crippen LogP contribution is 2.19. The molecule has 13 heavy (non-hydrogen) atoms. The van der Waals surface area contributed by atoms with Crippen molar-refractivity contribution in [2.75, 3.05) is 13.1 Å². The van der Waals surface area contributed by atoms with E-state index in [1.54, 1.807) is 0 Å². The lowest BCUT2D eigenvalue weighted by Crippen LogP contribution is -2.34. The van der Waals surface area contributed by atoms with Gasteiger partial charge >= 0.3 is 0 Å². The van der Waals surface area contributed by atoms with Gasteiger partial charge in [-0.1, -0.05) is 13.5 Å². The van der Waals surface area contributed by atoms with E-state index in [-0.39, 0.29) is 6.04 Å². The van der Waals surface area contributed by atoms with E-state index in [1.807, 2.05) is 4.90 Å². The van der Waals surface area contributed by atoms with Crippen LogP contribution in [0.3, 0.4) is 0 Å². The van der Waals surface area contributed by atoms with Gasteiger partial charge < -0.3 is 10.2 Å². The quantitative estimate of drug-likeness (QED) is 0.646. The molecule has 0 aliphatic carbocycles. The van der Waals surface area contributed by atoms with E-state index in [1.165, 1.54) is 0 Å². The van der Waals surface area contributed by atoms with Gasteiger partial charge in [-0.05, 0) is 19.3 Å². The lowest BCUT2D eigenvalue weighted by molar-refractivity contribution is -0.118. The number of carbonyl (C=O) groups excluding carboxylic acids is 1. The monoisotopic (exact) mass is 182 g/mol. The maximum absolute atomic E-state index is 10.7. The average molecular weight is 182 g/mol. The van der Waals surface area contributed by atoms with Crippen LogP contribution in [0.25, 0.3) is 0 Å². The minimum atomic E-state index is 0.226. The van der Waals surface area contributed by atoms with Crippen LogP contribution in [-0.2, 0) is 4.79 Å². The van der Waals surface area contributed by atoms with E-state index in [2.05, 4.69) is 18.8 Å². The van der Waals surface area contributed by atoms with Crippen LogP contribution in [0.1, 0.15) is 26.2 Å². The Morgan fingerprint density at radius 3 is 3.15 bits per heavy atom. The number of carbonyl (C=O) groups is 1. The van der Waals surface area contributed by atoms with Crippen LogP contribution < -0.4 is 5.32 Å². The highest BCUT2D eigenvalue weighted by molar-refractivity contribution is 5.49. The van der Waals surface area contributed by atoms with Gasteiger partial charge in [0.1, 0.15) is 0 Å². The maximum Gasteiger partial charge on any atom is 0.210 e. The van der Waals surface area contributed by atoms with Crippen LogP contribution in [0.4, 0.5) is 0 Å². The summed E-state index contributed by atoms with van der Waals surface area (Å²) >= 11 is 0. The predicted octanol–water partition coefficient (Wildman–Crippen LogP) is 1.12. The van der Waals surface area contributed by atoms with Gasteiger partial charge in [0.2, 0.25) is 6.41 Å². The molecule has 3 nitrogen and oxygen atoms in total. The molecule has 1 heterocycles. The number of hydrogen-bond acceptors (Lipinski definition) is 2. The first-order chi connectivity index (χ1) is 6.29. The topological polar surface area (TPSA) is 32.3 Å². The van der Waals surface area contributed by atoms with Crippen molar-refractivity contribution in [3.63, 3.8) is 0 Å². The minimum absolute atomic E-state index is 0.226. The smallest absolute Gasteiger partial charge is 0.210 e. The predicted molar refractivity (Wildman–Crippen MR) is 53.2 cm³/mol. The first-order valence-electron chi connectivity index (χ1n) is 4.93. The number of likely N-dealkylation sites (tertiary alicyclic amines) is 1. The summed E-state index contributed by atoms with van der Waals surface area (Å²) in [6.07, 6.45) is 4.16. The Morgan fingerprint density at radius 1 is 1.77 bits per heavy atom. The standard InChI is InChI=1S/C10H18N2O/c1-3-6-11-9(2)10-5-4-7-12(10)8-13/h8,10-11H,2-7H2,1H3. The SMILES string of the molecule is C=C(NCCC)C1CCCN1C=O. The van der Waals surface area contributed by atoms with Crippen LogP contribution in [0.5, 0.6) is 0 Å². The lowest BCUT2D eigenvalue weighted by Gasteiger charge is -2.22. The molecular formula is C10H18N2O. The Labute approximate surface area is 79.8 Å². The molecule has 1 aliphatic heterocycles. The molecule has 0 bridgehead atoms. The summed E-state index contributed by atoms with van der Waals surface area (Å²) in [6, 6.07) is 0.226. The Kier molecular flexibility index (Phi) is 3.80. The Balaban J connectivity index is 2.40. The largest absolute Gasteiger partial charge is 0.387 e. The zero-order chi connectivity index (χ0) is 9.68. The van der Waals surface area contributed by atoms with Crippen LogP contribution >= 0.6 is 0 Å². The van der Waals surface area contributed by atoms with E-state index in [9.17, 15) is 4.79 Å². The van der Waals surface area contributed by atoms with Gasteiger partial charge in [0, 0.05) is 18.8 Å². The first-order valence-corrected chi connectivity index (χ1v) is 4.93. The Hall–Kier alpha value is -0.990. The van der Waals surface area contributed by atoms with E-state index >= 15 is 0 Å². The third-order valence-electron chi connectivity index (χ3n) is 2.43. The molecule has 1 atom stereocenters. The normalized spacial score (nSPS) is 21.6. The number of rotatable bonds is 5. The van der Waals surface area contributed by atoms with Gasteiger partial charge in [-0.2, -0.15) is 0 Å². The molecule has 1 fully saturated rings. The van der Waals surface area contributed by atoms with Crippen molar-refractivity contribution in [3.05, 3.63) is 12.3 Å². The highest BCUT2D eigenvalue weighted by atomic mass is 16.1. The molecule has 3 heteroatoms. The summed E-state index contributed by atoms with van der Waals surface area (Å²) in [5.74, 6) is 0. The third-order valence-corrected chi connectivity index (χ3v) is 2.43. The second-order valence-electron chi connectivity index (χ2n) is 3.45. The van der Waals surface area contributed by atoms with Crippen molar-refractivity contribution in [2.45, 2.75) is 32.2 Å². The number of nitrogens with zero attached hydrogens (tertiary/aromatic N) is 1. The van der Waals surface area contributed by atoms with Crippen molar-refractivity contribution in [2.24, 2.45) is 0 Å². The molecule has 74 valence electrons. The van der Waals surface area contributed by atoms with Crippen molar-refractivity contribution < 1.29 is 4.79 Å². The van der Waals surface area contributed by atoms with Crippen molar-refractivity contribution >= 4 is 6.41 Å². The molecular weight excluding hydrogens is 164 g/mol. The van der Waals surface area contributed by atoms with Crippen LogP contribution in [0.15, 0.2) is 12.3 Å². The lowest BCUT2D eigenvalue weighted by atomic mass is 10.1. The van der Waals surface area contributed by atoms with Gasteiger partial charge in [-0.3, -0.25) is 4.79 Å². The zero-order valence-electron chi connectivity index (χ0n) is 8.25. The molecule has 0 saturated carbocycles. The third kappa shape index (κ3) is 2.47. The summed E-state index contributed by atoms with van der Waals surface area (Å²) in [4.78, 5) is 12.5. The molecule has 1 rings (SSSR count). The second kappa shape index (κ2) is 4.90. The molecule has 1 unspecified atom stereocenters. The molecule has 1 N–H and O–H groups in total. The highest BCUT2D eigenvalue weighted by Gasteiger charge is 2.24. The summed E-state index contributed by atoms with van der Waals surface area (Å²) in [6.45, 7) is 7.90. The van der Waals surface area contributed by atoms with Crippen LogP contribution in [0.2, 0.25) is 0 Å². The molecule has 1 saturated heterocycles. The molecule has 0 spiro atoms. The zero-order valence-corrected chi connectivity index (χ0v) is 8.25. The molecule has 0 radical (unpaired) electrons. The number of amides is 1.